The van der Waals surface area contributed by atoms with Crippen molar-refractivity contribution in [2.45, 2.75) is 13.1 Å². The summed E-state index contributed by atoms with van der Waals surface area (Å²) < 4.78 is 29.2. The van der Waals surface area contributed by atoms with Gasteiger partial charge >= 0.3 is 0 Å². The molecule has 1 aliphatic heterocycles. The van der Waals surface area contributed by atoms with E-state index in [1.54, 1.807) is 29.2 Å². The quantitative estimate of drug-likeness (QED) is 0.446. The number of carbonyl (C=O) groups excluding carboxylic acids is 1. The predicted molar refractivity (Wildman–Crippen MR) is 120 cm³/mol. The number of fused-ring (bicyclic) bond motifs is 1. The molecule has 3 heterocycles. The zero-order valence-electron chi connectivity index (χ0n) is 18.1. The van der Waals surface area contributed by atoms with Gasteiger partial charge in [-0.05, 0) is 42.0 Å². The maximum Gasteiger partial charge on any atom is 0.283 e. The van der Waals surface area contributed by atoms with E-state index in [0.29, 0.717) is 31.7 Å². The van der Waals surface area contributed by atoms with Crippen LogP contribution in [0.4, 0.5) is 14.5 Å². The number of benzene rings is 2. The first kappa shape index (κ1) is 21.7. The molecule has 1 saturated heterocycles. The van der Waals surface area contributed by atoms with Crippen LogP contribution in [-0.4, -0.2) is 61.5 Å². The second kappa shape index (κ2) is 9.00. The number of hydrogen-bond donors (Lipinski definition) is 0. The zero-order chi connectivity index (χ0) is 23.7. The van der Waals surface area contributed by atoms with Crippen molar-refractivity contribution in [1.29, 1.82) is 0 Å². The fourth-order valence-electron chi connectivity index (χ4n) is 4.03. The molecule has 34 heavy (non-hydrogen) atoms. The zero-order valence-corrected chi connectivity index (χ0v) is 18.1. The summed E-state index contributed by atoms with van der Waals surface area (Å²) in [7, 11) is 0. The number of nitrogens with zero attached hydrogens (tertiary/aromatic N) is 7. The highest BCUT2D eigenvalue weighted by Gasteiger charge is 2.22. The minimum Gasteiger partial charge on any atom is -0.368 e. The average molecular weight is 465 g/mol. The molecule has 4 aromatic rings. The second-order valence-electron chi connectivity index (χ2n) is 8.07. The van der Waals surface area contributed by atoms with Gasteiger partial charge in [0, 0.05) is 31.9 Å². The van der Waals surface area contributed by atoms with Crippen LogP contribution < -0.4 is 10.5 Å². The normalized spacial score (nSPS) is 14.1. The Bertz CT molecular complexity index is 1390. The number of amides is 1. The largest absolute Gasteiger partial charge is 0.368 e. The molecule has 2 aromatic heterocycles. The van der Waals surface area contributed by atoms with Crippen LogP contribution in [0.5, 0.6) is 0 Å². The summed E-state index contributed by atoms with van der Waals surface area (Å²) in [5, 5.41) is 7.91. The SMILES string of the molecule is O=C(Cn1cnc2c(nnn2Cc2cccc(F)c2)c1=O)N1CCN(c2ccc(F)cc2)CC1. The van der Waals surface area contributed by atoms with Gasteiger partial charge in [0.05, 0.1) is 6.54 Å². The van der Waals surface area contributed by atoms with E-state index in [9.17, 15) is 18.4 Å². The van der Waals surface area contributed by atoms with E-state index >= 15 is 0 Å². The summed E-state index contributed by atoms with van der Waals surface area (Å²) in [6.07, 6.45) is 1.31. The van der Waals surface area contributed by atoms with Gasteiger partial charge in [-0.25, -0.2) is 18.4 Å². The highest BCUT2D eigenvalue weighted by Crippen LogP contribution is 2.17. The van der Waals surface area contributed by atoms with Crippen LogP contribution in [-0.2, 0) is 17.9 Å². The van der Waals surface area contributed by atoms with E-state index in [1.807, 2.05) is 0 Å². The average Bonchev–Trinajstić information content (AvgIpc) is 3.25. The molecule has 174 valence electrons. The third-order valence-corrected chi connectivity index (χ3v) is 5.84. The fourth-order valence-corrected chi connectivity index (χ4v) is 4.03. The van der Waals surface area contributed by atoms with Gasteiger partial charge in [0.25, 0.3) is 5.56 Å². The number of hydrogen-bond acceptors (Lipinski definition) is 6. The molecule has 0 bridgehead atoms. The monoisotopic (exact) mass is 465 g/mol. The Balaban J connectivity index is 1.26. The lowest BCUT2D eigenvalue weighted by atomic mass is 10.2. The molecule has 1 aliphatic rings. The predicted octanol–water partition coefficient (Wildman–Crippen LogP) is 1.66. The van der Waals surface area contributed by atoms with Crippen LogP contribution in [0.3, 0.4) is 0 Å². The van der Waals surface area contributed by atoms with Gasteiger partial charge in [0.2, 0.25) is 5.91 Å². The summed E-state index contributed by atoms with van der Waals surface area (Å²) >= 11 is 0. The van der Waals surface area contributed by atoms with E-state index in [-0.39, 0.29) is 41.8 Å². The van der Waals surface area contributed by atoms with Crippen molar-refractivity contribution < 1.29 is 13.6 Å². The van der Waals surface area contributed by atoms with Crippen LogP contribution in [0, 0.1) is 11.6 Å². The van der Waals surface area contributed by atoms with Crippen molar-refractivity contribution in [3.05, 3.63) is 82.4 Å². The molecule has 9 nitrogen and oxygen atoms in total. The van der Waals surface area contributed by atoms with Crippen molar-refractivity contribution in [1.82, 2.24) is 29.4 Å². The number of piperazine rings is 1. The highest BCUT2D eigenvalue weighted by molar-refractivity contribution is 5.77. The highest BCUT2D eigenvalue weighted by atomic mass is 19.1. The number of anilines is 1. The Morgan fingerprint density at radius 3 is 2.47 bits per heavy atom. The van der Waals surface area contributed by atoms with Crippen molar-refractivity contribution >= 4 is 22.8 Å². The van der Waals surface area contributed by atoms with E-state index in [1.165, 1.54) is 39.8 Å². The Morgan fingerprint density at radius 1 is 0.971 bits per heavy atom. The van der Waals surface area contributed by atoms with Crippen LogP contribution in [0.25, 0.3) is 11.2 Å². The number of halogens is 2. The van der Waals surface area contributed by atoms with Crippen molar-refractivity contribution in [3.8, 4) is 0 Å². The summed E-state index contributed by atoms with van der Waals surface area (Å²) in [5.41, 5.74) is 1.42. The smallest absolute Gasteiger partial charge is 0.283 e. The third kappa shape index (κ3) is 4.36. The summed E-state index contributed by atoms with van der Waals surface area (Å²) in [6.45, 7) is 2.25. The Morgan fingerprint density at radius 2 is 1.74 bits per heavy atom. The molecule has 2 aromatic carbocycles. The summed E-state index contributed by atoms with van der Waals surface area (Å²) in [5.74, 6) is -0.856. The molecule has 0 aliphatic carbocycles. The molecule has 0 saturated carbocycles. The van der Waals surface area contributed by atoms with Gasteiger partial charge in [-0.15, -0.1) is 5.10 Å². The summed E-state index contributed by atoms with van der Waals surface area (Å²) in [4.78, 5) is 33.7. The van der Waals surface area contributed by atoms with E-state index in [4.69, 9.17) is 0 Å². The first-order valence-electron chi connectivity index (χ1n) is 10.8. The van der Waals surface area contributed by atoms with Gasteiger partial charge < -0.3 is 9.80 Å². The van der Waals surface area contributed by atoms with E-state index in [2.05, 4.69) is 20.2 Å². The lowest BCUT2D eigenvalue weighted by Gasteiger charge is -2.36. The molecule has 0 atom stereocenters. The van der Waals surface area contributed by atoms with E-state index in [0.717, 1.165) is 5.69 Å². The second-order valence-corrected chi connectivity index (χ2v) is 8.07. The molecule has 1 amide bonds. The maximum atomic E-state index is 13.5. The van der Waals surface area contributed by atoms with Crippen molar-refractivity contribution in [3.63, 3.8) is 0 Å². The topological polar surface area (TPSA) is 89.1 Å². The van der Waals surface area contributed by atoms with Crippen LogP contribution in [0.2, 0.25) is 0 Å². The standard InChI is InChI=1S/C23H21F2N7O2/c24-17-4-6-19(7-5-17)29-8-10-30(11-9-29)20(33)14-31-15-26-22-21(23(31)34)27-28-32(22)13-16-2-1-3-18(25)12-16/h1-7,12,15H,8-11,13-14H2. The first-order valence-corrected chi connectivity index (χ1v) is 10.8. The molecule has 0 radical (unpaired) electrons. The maximum absolute atomic E-state index is 13.5. The van der Waals surface area contributed by atoms with Crippen LogP contribution in [0.1, 0.15) is 5.56 Å². The summed E-state index contributed by atoms with van der Waals surface area (Å²) in [6, 6.07) is 12.3. The Kier molecular flexibility index (Phi) is 5.74. The number of carbonyl (C=O) groups is 1. The molecule has 0 spiro atoms. The molecule has 0 unspecified atom stereocenters. The van der Waals surface area contributed by atoms with Crippen LogP contribution in [0.15, 0.2) is 59.7 Å². The molecule has 0 N–H and O–H groups in total. The van der Waals surface area contributed by atoms with Crippen LogP contribution >= 0.6 is 0 Å². The minimum absolute atomic E-state index is 0.0489. The van der Waals surface area contributed by atoms with E-state index < -0.39 is 5.56 Å². The van der Waals surface area contributed by atoms with Gasteiger partial charge in [-0.3, -0.25) is 14.2 Å². The third-order valence-electron chi connectivity index (χ3n) is 5.84. The van der Waals surface area contributed by atoms with Gasteiger partial charge in [-0.1, -0.05) is 17.3 Å². The van der Waals surface area contributed by atoms with Gasteiger partial charge in [0.1, 0.15) is 24.5 Å². The first-order chi connectivity index (χ1) is 16.5. The van der Waals surface area contributed by atoms with Gasteiger partial charge in [0.15, 0.2) is 11.2 Å². The molecule has 5 rings (SSSR count). The lowest BCUT2D eigenvalue weighted by Crippen LogP contribution is -2.50. The lowest BCUT2D eigenvalue weighted by molar-refractivity contribution is -0.132. The fraction of sp³-hybridized carbons (Fsp3) is 0.261. The Hall–Kier alpha value is -4.15. The minimum atomic E-state index is -0.464. The number of rotatable bonds is 5. The Labute approximate surface area is 192 Å². The van der Waals surface area contributed by atoms with Crippen molar-refractivity contribution in [2.75, 3.05) is 31.1 Å². The number of aromatic nitrogens is 5. The molecular formula is C23H21F2N7O2. The van der Waals surface area contributed by atoms with Crippen molar-refractivity contribution in [2.24, 2.45) is 0 Å². The molecule has 11 heteroatoms. The molecular weight excluding hydrogens is 444 g/mol. The molecule has 1 fully saturated rings. The van der Waals surface area contributed by atoms with Gasteiger partial charge in [-0.2, -0.15) is 0 Å².